The van der Waals surface area contributed by atoms with Gasteiger partial charge in [0.05, 0.1) is 18.1 Å². The summed E-state index contributed by atoms with van der Waals surface area (Å²) in [6, 6.07) is 10.2. The number of amides is 1. The molecule has 4 heteroatoms. The quantitative estimate of drug-likeness (QED) is 0.879. The molecular formula is C18H25NO3. The molecule has 0 spiro atoms. The maximum Gasteiger partial charge on any atom is 0.222 e. The summed E-state index contributed by atoms with van der Waals surface area (Å²) in [6.07, 6.45) is 4.81. The number of carbonyl (C=O) groups excluding carboxylic acids is 1. The van der Waals surface area contributed by atoms with Gasteiger partial charge in [0.1, 0.15) is 0 Å². The number of aliphatic hydroxyl groups is 1. The Balaban J connectivity index is 1.51. The Labute approximate surface area is 131 Å². The standard InChI is InChI=1S/C18H25NO3/c20-16(12-18(21)9-4-5-10-18)19-13-15-8-11-22-17(15)14-6-2-1-3-7-14/h1-3,6-7,15,17,21H,4-5,8-13H2,(H,19,20)/t15-,17-/m1/s1. The van der Waals surface area contributed by atoms with E-state index in [0.29, 0.717) is 12.5 Å². The van der Waals surface area contributed by atoms with E-state index >= 15 is 0 Å². The van der Waals surface area contributed by atoms with Crippen molar-refractivity contribution in [3.05, 3.63) is 35.9 Å². The molecule has 2 fully saturated rings. The maximum atomic E-state index is 12.1. The van der Waals surface area contributed by atoms with Crippen LogP contribution in [0.1, 0.15) is 50.2 Å². The van der Waals surface area contributed by atoms with Gasteiger partial charge in [-0.25, -0.2) is 0 Å². The highest BCUT2D eigenvalue weighted by atomic mass is 16.5. The summed E-state index contributed by atoms with van der Waals surface area (Å²) in [6.45, 7) is 1.36. The van der Waals surface area contributed by atoms with Gasteiger partial charge in [0.2, 0.25) is 5.91 Å². The van der Waals surface area contributed by atoms with Gasteiger partial charge in [-0.2, -0.15) is 0 Å². The largest absolute Gasteiger partial charge is 0.389 e. The number of hydrogen-bond acceptors (Lipinski definition) is 3. The van der Waals surface area contributed by atoms with E-state index in [2.05, 4.69) is 17.4 Å². The summed E-state index contributed by atoms with van der Waals surface area (Å²) in [4.78, 5) is 12.1. The third kappa shape index (κ3) is 3.68. The van der Waals surface area contributed by atoms with Crippen LogP contribution in [-0.2, 0) is 9.53 Å². The van der Waals surface area contributed by atoms with Gasteiger partial charge < -0.3 is 15.2 Å². The number of rotatable bonds is 5. The van der Waals surface area contributed by atoms with E-state index in [-0.39, 0.29) is 18.4 Å². The van der Waals surface area contributed by atoms with Crippen molar-refractivity contribution in [2.75, 3.05) is 13.2 Å². The van der Waals surface area contributed by atoms with Crippen LogP contribution in [0.25, 0.3) is 0 Å². The van der Waals surface area contributed by atoms with Gasteiger partial charge >= 0.3 is 0 Å². The molecule has 0 unspecified atom stereocenters. The fraction of sp³-hybridized carbons (Fsp3) is 0.611. The van der Waals surface area contributed by atoms with Crippen LogP contribution < -0.4 is 5.32 Å². The summed E-state index contributed by atoms with van der Waals surface area (Å²) in [5.74, 6) is 0.271. The Kier molecular flexibility index (Phi) is 4.79. The van der Waals surface area contributed by atoms with E-state index in [0.717, 1.165) is 38.7 Å². The first-order chi connectivity index (χ1) is 10.7. The molecule has 2 N–H and O–H groups in total. The first kappa shape index (κ1) is 15.5. The first-order valence-electron chi connectivity index (χ1n) is 8.32. The van der Waals surface area contributed by atoms with Crippen molar-refractivity contribution in [2.24, 2.45) is 5.92 Å². The predicted octanol–water partition coefficient (Wildman–Crippen LogP) is 2.58. The molecule has 1 amide bonds. The Morgan fingerprint density at radius 1 is 1.27 bits per heavy atom. The highest BCUT2D eigenvalue weighted by Crippen LogP contribution is 2.34. The van der Waals surface area contributed by atoms with Crippen molar-refractivity contribution in [3.8, 4) is 0 Å². The van der Waals surface area contributed by atoms with Crippen LogP contribution in [0.3, 0.4) is 0 Å². The molecule has 1 aliphatic heterocycles. The summed E-state index contributed by atoms with van der Waals surface area (Å²) >= 11 is 0. The second-order valence-electron chi connectivity index (χ2n) is 6.66. The topological polar surface area (TPSA) is 58.6 Å². The van der Waals surface area contributed by atoms with Gasteiger partial charge in [0, 0.05) is 19.1 Å². The number of benzene rings is 1. The van der Waals surface area contributed by atoms with Crippen LogP contribution >= 0.6 is 0 Å². The van der Waals surface area contributed by atoms with Gasteiger partial charge in [-0.1, -0.05) is 43.2 Å². The van der Waals surface area contributed by atoms with Crippen molar-refractivity contribution >= 4 is 5.91 Å². The molecule has 1 aromatic rings. The van der Waals surface area contributed by atoms with E-state index in [1.165, 1.54) is 5.56 Å². The minimum absolute atomic E-state index is 0.0388. The lowest BCUT2D eigenvalue weighted by Crippen LogP contribution is -2.37. The average Bonchev–Trinajstić information content (AvgIpc) is 3.15. The maximum absolute atomic E-state index is 12.1. The second-order valence-corrected chi connectivity index (χ2v) is 6.66. The fourth-order valence-electron chi connectivity index (χ4n) is 3.67. The normalized spacial score (nSPS) is 27.0. The van der Waals surface area contributed by atoms with Gasteiger partial charge in [-0.15, -0.1) is 0 Å². The molecule has 120 valence electrons. The Morgan fingerprint density at radius 2 is 2.00 bits per heavy atom. The van der Waals surface area contributed by atoms with E-state index in [9.17, 15) is 9.90 Å². The SMILES string of the molecule is O=C(CC1(O)CCCC1)NC[C@H]1CCO[C@@H]1c1ccccc1. The van der Waals surface area contributed by atoms with E-state index in [1.807, 2.05) is 18.2 Å². The summed E-state index contributed by atoms with van der Waals surface area (Å²) in [7, 11) is 0. The third-order valence-electron chi connectivity index (χ3n) is 4.93. The zero-order valence-electron chi connectivity index (χ0n) is 13.0. The minimum Gasteiger partial charge on any atom is -0.389 e. The predicted molar refractivity (Wildman–Crippen MR) is 84.3 cm³/mol. The number of ether oxygens (including phenoxy) is 1. The van der Waals surface area contributed by atoms with Gasteiger partial charge in [-0.3, -0.25) is 4.79 Å². The minimum atomic E-state index is -0.769. The first-order valence-corrected chi connectivity index (χ1v) is 8.32. The summed E-state index contributed by atoms with van der Waals surface area (Å²) < 4.78 is 5.84. The number of nitrogens with one attached hydrogen (secondary N) is 1. The Hall–Kier alpha value is -1.39. The molecule has 22 heavy (non-hydrogen) atoms. The number of carbonyl (C=O) groups is 1. The van der Waals surface area contributed by atoms with E-state index in [4.69, 9.17) is 4.74 Å². The smallest absolute Gasteiger partial charge is 0.222 e. The zero-order valence-corrected chi connectivity index (χ0v) is 13.0. The summed E-state index contributed by atoms with van der Waals surface area (Å²) in [5, 5.41) is 13.3. The van der Waals surface area contributed by atoms with Crippen molar-refractivity contribution in [1.82, 2.24) is 5.32 Å². The highest BCUT2D eigenvalue weighted by Gasteiger charge is 2.34. The molecule has 1 aliphatic carbocycles. The lowest BCUT2D eigenvalue weighted by Gasteiger charge is -2.23. The lowest BCUT2D eigenvalue weighted by atomic mass is 9.94. The van der Waals surface area contributed by atoms with Crippen molar-refractivity contribution in [3.63, 3.8) is 0 Å². The van der Waals surface area contributed by atoms with E-state index < -0.39 is 5.60 Å². The molecule has 1 aromatic carbocycles. The molecule has 0 bridgehead atoms. The number of hydrogen-bond donors (Lipinski definition) is 2. The molecule has 1 saturated heterocycles. The van der Waals surface area contributed by atoms with Crippen LogP contribution in [0.5, 0.6) is 0 Å². The van der Waals surface area contributed by atoms with Gasteiger partial charge in [-0.05, 0) is 24.8 Å². The van der Waals surface area contributed by atoms with Crippen LogP contribution in [0.15, 0.2) is 30.3 Å². The molecule has 1 saturated carbocycles. The highest BCUT2D eigenvalue weighted by molar-refractivity contribution is 5.77. The average molecular weight is 303 g/mol. The molecule has 2 aliphatic rings. The Bertz CT molecular complexity index is 496. The monoisotopic (exact) mass is 303 g/mol. The van der Waals surface area contributed by atoms with Crippen LogP contribution in [0.2, 0.25) is 0 Å². The van der Waals surface area contributed by atoms with E-state index in [1.54, 1.807) is 0 Å². The molecule has 0 aromatic heterocycles. The van der Waals surface area contributed by atoms with Crippen molar-refractivity contribution in [2.45, 2.75) is 50.2 Å². The van der Waals surface area contributed by atoms with Crippen LogP contribution in [0.4, 0.5) is 0 Å². The molecule has 0 radical (unpaired) electrons. The second kappa shape index (κ2) is 6.80. The zero-order chi connectivity index (χ0) is 15.4. The molecule has 2 atom stereocenters. The van der Waals surface area contributed by atoms with Gasteiger partial charge in [0.25, 0.3) is 0 Å². The lowest BCUT2D eigenvalue weighted by molar-refractivity contribution is -0.126. The molecule has 3 rings (SSSR count). The molecule has 4 nitrogen and oxygen atoms in total. The molecular weight excluding hydrogens is 278 g/mol. The Morgan fingerprint density at radius 3 is 2.73 bits per heavy atom. The third-order valence-corrected chi connectivity index (χ3v) is 4.93. The van der Waals surface area contributed by atoms with Crippen LogP contribution in [0, 0.1) is 5.92 Å². The summed E-state index contributed by atoms with van der Waals surface area (Å²) in [5.41, 5.74) is 0.406. The fourth-order valence-corrected chi connectivity index (χ4v) is 3.67. The van der Waals surface area contributed by atoms with Crippen LogP contribution in [-0.4, -0.2) is 29.8 Å². The molecule has 1 heterocycles. The van der Waals surface area contributed by atoms with Gasteiger partial charge in [0.15, 0.2) is 0 Å². The van der Waals surface area contributed by atoms with Crippen molar-refractivity contribution in [1.29, 1.82) is 0 Å². The van der Waals surface area contributed by atoms with Crippen molar-refractivity contribution < 1.29 is 14.6 Å².